The Labute approximate surface area is 133 Å². The van der Waals surface area contributed by atoms with Crippen molar-refractivity contribution in [3.05, 3.63) is 76.1 Å². The van der Waals surface area contributed by atoms with Gasteiger partial charge in [-0.25, -0.2) is 17.6 Å². The van der Waals surface area contributed by atoms with Crippen LogP contribution in [0.5, 0.6) is 0 Å². The van der Waals surface area contributed by atoms with E-state index in [1.54, 1.807) is 0 Å². The van der Waals surface area contributed by atoms with Crippen molar-refractivity contribution in [1.82, 2.24) is 9.97 Å². The topological polar surface area (TPSA) is 25.8 Å². The number of hydrogen-bond acceptors (Lipinski definition) is 2. The molecule has 0 unspecified atom stereocenters. The summed E-state index contributed by atoms with van der Waals surface area (Å²) < 4.78 is 107. The molecule has 0 radical (unpaired) electrons. The second-order valence-electron chi connectivity index (χ2n) is 4.68. The third kappa shape index (κ3) is 2.60. The lowest BCUT2D eigenvalue weighted by atomic mass is 10.1. The van der Waals surface area contributed by atoms with E-state index in [2.05, 4.69) is 9.97 Å². The maximum atomic E-state index is 13.7. The fourth-order valence-electron chi connectivity index (χ4n) is 2.13. The molecule has 0 atom stereocenters. The highest BCUT2D eigenvalue weighted by Crippen LogP contribution is 2.33. The SMILES string of the molecule is Fc1nc(F)c(F)c(C2=C=C(c3c(F)c(F)nc(F)c3F)C=C2)c1F. The molecule has 0 aromatic carbocycles. The zero-order chi connectivity index (χ0) is 18.5. The molecule has 2 aromatic rings. The lowest BCUT2D eigenvalue weighted by Crippen LogP contribution is -2.05. The summed E-state index contributed by atoms with van der Waals surface area (Å²) in [7, 11) is 0. The van der Waals surface area contributed by atoms with Crippen molar-refractivity contribution < 1.29 is 35.1 Å². The second-order valence-corrected chi connectivity index (χ2v) is 4.68. The third-order valence-corrected chi connectivity index (χ3v) is 3.22. The minimum atomic E-state index is -1.96. The molecule has 0 saturated carbocycles. The largest absolute Gasteiger partial charge is 0.252 e. The lowest BCUT2D eigenvalue weighted by Gasteiger charge is -2.04. The van der Waals surface area contributed by atoms with E-state index in [1.807, 2.05) is 5.73 Å². The Morgan fingerprint density at radius 2 is 0.800 bits per heavy atom. The standard InChI is InChI=1S/C15H2F8N2/c16-8-6(9(17)13(21)24-12(8)20)4-1-2-5(3-4)7-10(18)14(22)25-15(23)11(7)19/h1-2H. The summed E-state index contributed by atoms with van der Waals surface area (Å²) in [5.74, 6) is -15.3. The normalized spacial score (nSPS) is 13.3. The molecular weight excluding hydrogens is 360 g/mol. The molecule has 0 N–H and O–H groups in total. The van der Waals surface area contributed by atoms with Crippen LogP contribution in [0.3, 0.4) is 0 Å². The fourth-order valence-corrected chi connectivity index (χ4v) is 2.13. The van der Waals surface area contributed by atoms with E-state index in [-0.39, 0.29) is 0 Å². The highest BCUT2D eigenvalue weighted by atomic mass is 19.2. The summed E-state index contributed by atoms with van der Waals surface area (Å²) in [6, 6.07) is 0. The Morgan fingerprint density at radius 3 is 1.08 bits per heavy atom. The van der Waals surface area contributed by atoms with E-state index in [4.69, 9.17) is 0 Å². The van der Waals surface area contributed by atoms with Gasteiger partial charge in [0.2, 0.25) is 0 Å². The van der Waals surface area contributed by atoms with Crippen molar-refractivity contribution in [3.8, 4) is 0 Å². The number of nitrogens with zero attached hydrogens (tertiary/aromatic N) is 2. The zero-order valence-corrected chi connectivity index (χ0v) is 11.6. The summed E-state index contributed by atoms with van der Waals surface area (Å²) in [6.45, 7) is 0. The van der Waals surface area contributed by atoms with Crippen LogP contribution in [0.2, 0.25) is 0 Å². The first kappa shape index (κ1) is 16.8. The summed E-state index contributed by atoms with van der Waals surface area (Å²) in [5.41, 5.74) is -1.75. The van der Waals surface area contributed by atoms with E-state index < -0.39 is 69.3 Å². The first-order valence-electron chi connectivity index (χ1n) is 6.32. The Hall–Kier alpha value is -3.00. The van der Waals surface area contributed by atoms with Crippen molar-refractivity contribution in [2.24, 2.45) is 0 Å². The van der Waals surface area contributed by atoms with Gasteiger partial charge in [-0.2, -0.15) is 27.5 Å². The van der Waals surface area contributed by atoms with Gasteiger partial charge in [0, 0.05) is 11.1 Å². The molecule has 128 valence electrons. The maximum absolute atomic E-state index is 13.7. The summed E-state index contributed by atoms with van der Waals surface area (Å²) in [4.78, 5) is 4.70. The number of pyridine rings is 2. The Kier molecular flexibility index (Phi) is 3.92. The average molecular weight is 362 g/mol. The van der Waals surface area contributed by atoms with E-state index in [1.165, 1.54) is 0 Å². The van der Waals surface area contributed by atoms with Gasteiger partial charge in [0.05, 0.1) is 11.1 Å². The monoisotopic (exact) mass is 362 g/mol. The molecule has 0 amide bonds. The zero-order valence-electron chi connectivity index (χ0n) is 11.6. The molecule has 0 bridgehead atoms. The van der Waals surface area contributed by atoms with Gasteiger partial charge in [0.25, 0.3) is 23.8 Å². The minimum Gasteiger partial charge on any atom is -0.201 e. The van der Waals surface area contributed by atoms with Crippen molar-refractivity contribution in [2.45, 2.75) is 0 Å². The molecule has 0 spiro atoms. The van der Waals surface area contributed by atoms with Crippen molar-refractivity contribution in [3.63, 3.8) is 0 Å². The van der Waals surface area contributed by atoms with Gasteiger partial charge in [-0.1, -0.05) is 0 Å². The van der Waals surface area contributed by atoms with E-state index >= 15 is 0 Å². The summed E-state index contributed by atoms with van der Waals surface area (Å²) >= 11 is 0. The minimum absolute atomic E-state index is 0.651. The summed E-state index contributed by atoms with van der Waals surface area (Å²) in [6.07, 6.45) is 1.59. The van der Waals surface area contributed by atoms with Crippen LogP contribution in [0.25, 0.3) is 11.1 Å². The first-order chi connectivity index (χ1) is 11.7. The highest BCUT2D eigenvalue weighted by molar-refractivity contribution is 5.90. The molecule has 2 nitrogen and oxygen atoms in total. The average Bonchev–Trinajstić information content (AvgIpc) is 3.01. The molecule has 10 heteroatoms. The molecule has 25 heavy (non-hydrogen) atoms. The van der Waals surface area contributed by atoms with Crippen LogP contribution in [0.1, 0.15) is 11.1 Å². The quantitative estimate of drug-likeness (QED) is 0.454. The number of allylic oxidation sites excluding steroid dienone is 3. The first-order valence-corrected chi connectivity index (χ1v) is 6.32. The van der Waals surface area contributed by atoms with Gasteiger partial charge >= 0.3 is 0 Å². The maximum Gasteiger partial charge on any atom is 0.252 e. The van der Waals surface area contributed by atoms with Gasteiger partial charge in [-0.3, -0.25) is 0 Å². The second kappa shape index (κ2) is 5.82. The predicted molar refractivity (Wildman–Crippen MR) is 67.6 cm³/mol. The van der Waals surface area contributed by atoms with Crippen molar-refractivity contribution in [1.29, 1.82) is 0 Å². The van der Waals surface area contributed by atoms with Gasteiger partial charge in [0.1, 0.15) is 0 Å². The molecule has 1 aliphatic carbocycles. The molecule has 0 aliphatic heterocycles. The van der Waals surface area contributed by atoms with E-state index in [0.29, 0.717) is 0 Å². The number of hydrogen-bond donors (Lipinski definition) is 0. The van der Waals surface area contributed by atoms with Gasteiger partial charge < -0.3 is 0 Å². The Balaban J connectivity index is 2.29. The molecule has 0 fully saturated rings. The predicted octanol–water partition coefficient (Wildman–Crippen LogP) is 4.23. The third-order valence-electron chi connectivity index (χ3n) is 3.22. The van der Waals surface area contributed by atoms with Crippen LogP contribution >= 0.6 is 0 Å². The van der Waals surface area contributed by atoms with Crippen LogP contribution in [0, 0.1) is 47.1 Å². The van der Waals surface area contributed by atoms with Crippen molar-refractivity contribution in [2.75, 3.05) is 0 Å². The van der Waals surface area contributed by atoms with Crippen LogP contribution in [-0.4, -0.2) is 9.97 Å². The van der Waals surface area contributed by atoms with Crippen molar-refractivity contribution >= 4 is 11.1 Å². The molecular formula is C15H2F8N2. The number of rotatable bonds is 2. The smallest absolute Gasteiger partial charge is 0.201 e. The van der Waals surface area contributed by atoms with Crippen LogP contribution in [-0.2, 0) is 0 Å². The number of halogens is 8. The number of aromatic nitrogens is 2. The van der Waals surface area contributed by atoms with Gasteiger partial charge in [-0.15, -0.1) is 5.73 Å². The molecule has 1 aliphatic rings. The molecule has 2 heterocycles. The fraction of sp³-hybridized carbons (Fsp3) is 0. The van der Waals surface area contributed by atoms with Crippen LogP contribution < -0.4 is 0 Å². The van der Waals surface area contributed by atoms with E-state index in [0.717, 1.165) is 12.2 Å². The molecule has 2 aromatic heterocycles. The molecule has 3 rings (SSSR count). The van der Waals surface area contributed by atoms with Crippen LogP contribution in [0.4, 0.5) is 35.1 Å². The lowest BCUT2D eigenvalue weighted by molar-refractivity contribution is 0.404. The Bertz CT molecular complexity index is 889. The van der Waals surface area contributed by atoms with Gasteiger partial charge in [-0.05, 0) is 12.2 Å². The molecule has 0 saturated heterocycles. The van der Waals surface area contributed by atoms with E-state index in [9.17, 15) is 35.1 Å². The highest BCUT2D eigenvalue weighted by Gasteiger charge is 2.27. The Morgan fingerprint density at radius 1 is 0.520 bits per heavy atom. The summed E-state index contributed by atoms with van der Waals surface area (Å²) in [5, 5.41) is 0. The van der Waals surface area contributed by atoms with Crippen LogP contribution in [0.15, 0.2) is 17.9 Å². The van der Waals surface area contributed by atoms with Gasteiger partial charge in [0.15, 0.2) is 23.3 Å².